The molecule has 53 heavy (non-hydrogen) atoms. The van der Waals surface area contributed by atoms with Gasteiger partial charge in [0.1, 0.15) is 5.65 Å². The summed E-state index contributed by atoms with van der Waals surface area (Å²) >= 11 is 0. The molecule has 4 nitrogen and oxygen atoms in total. The number of hydrogen-bond acceptors (Lipinski definition) is 1. The Bertz CT molecular complexity index is 3040. The van der Waals surface area contributed by atoms with E-state index < -0.39 is 0 Å². The van der Waals surface area contributed by atoms with Crippen LogP contribution in [0.2, 0.25) is 0 Å². The first-order chi connectivity index (χ1) is 26.3. The maximum atomic E-state index is 5.28. The number of aromatic nitrogens is 4. The molecule has 4 heterocycles. The molecule has 7 aromatic carbocycles. The second-order valence-corrected chi connectivity index (χ2v) is 13.7. The molecule has 0 N–H and O–H groups in total. The van der Waals surface area contributed by atoms with Crippen LogP contribution in [0.5, 0.6) is 0 Å². The number of fused-ring (bicyclic) bond motifs is 7. The Labute approximate surface area is 306 Å². The Morgan fingerprint density at radius 2 is 0.774 bits per heavy atom. The molecule has 0 radical (unpaired) electrons. The Balaban J connectivity index is 1.01. The molecule has 4 heteroatoms. The predicted molar refractivity (Wildman–Crippen MR) is 220 cm³/mol. The lowest BCUT2D eigenvalue weighted by atomic mass is 10.0. The van der Waals surface area contributed by atoms with Gasteiger partial charge in [-0.15, -0.1) is 0 Å². The quantitative estimate of drug-likeness (QED) is 0.178. The van der Waals surface area contributed by atoms with Gasteiger partial charge in [0, 0.05) is 50.2 Å². The molecule has 0 saturated carbocycles. The number of rotatable bonds is 5. The van der Waals surface area contributed by atoms with E-state index in [1.807, 2.05) is 0 Å². The highest BCUT2D eigenvalue weighted by Gasteiger charge is 2.18. The second kappa shape index (κ2) is 11.7. The maximum absolute atomic E-state index is 5.28. The smallest absolute Gasteiger partial charge is 0.138 e. The fraction of sp³-hybridized carbons (Fsp3) is 0. The van der Waals surface area contributed by atoms with Crippen molar-refractivity contribution in [2.75, 3.05) is 0 Å². The van der Waals surface area contributed by atoms with Crippen molar-refractivity contribution in [2.24, 2.45) is 0 Å². The largest absolute Gasteiger partial charge is 0.309 e. The van der Waals surface area contributed by atoms with Gasteiger partial charge < -0.3 is 9.13 Å². The molecule has 0 spiro atoms. The normalized spacial score (nSPS) is 11.8. The Morgan fingerprint density at radius 3 is 1.26 bits per heavy atom. The zero-order valence-electron chi connectivity index (χ0n) is 28.8. The molecule has 0 aliphatic rings. The molecule has 0 fully saturated rings. The van der Waals surface area contributed by atoms with Crippen molar-refractivity contribution in [1.82, 2.24) is 18.5 Å². The third-order valence-electron chi connectivity index (χ3n) is 10.7. The van der Waals surface area contributed by atoms with Crippen molar-refractivity contribution < 1.29 is 0 Å². The van der Waals surface area contributed by atoms with Crippen LogP contribution in [-0.4, -0.2) is 18.5 Å². The molecule has 11 aromatic rings. The van der Waals surface area contributed by atoms with Crippen molar-refractivity contribution in [3.05, 3.63) is 194 Å². The van der Waals surface area contributed by atoms with Crippen LogP contribution in [0, 0.1) is 0 Å². The lowest BCUT2D eigenvalue weighted by Crippen LogP contribution is -1.95. The number of nitrogens with zero attached hydrogens (tertiary/aromatic N) is 4. The van der Waals surface area contributed by atoms with Crippen LogP contribution < -0.4 is 0 Å². The van der Waals surface area contributed by atoms with Gasteiger partial charge in [-0.2, -0.15) is 0 Å². The first-order valence-electron chi connectivity index (χ1n) is 18.1. The first-order valence-corrected chi connectivity index (χ1v) is 18.1. The summed E-state index contributed by atoms with van der Waals surface area (Å²) in [6, 6.07) is 67.3. The van der Waals surface area contributed by atoms with Crippen LogP contribution in [0.15, 0.2) is 194 Å². The van der Waals surface area contributed by atoms with Gasteiger partial charge in [-0.1, -0.05) is 127 Å². The van der Waals surface area contributed by atoms with Crippen molar-refractivity contribution in [3.63, 3.8) is 0 Å². The minimum absolute atomic E-state index is 0.911. The van der Waals surface area contributed by atoms with Gasteiger partial charge >= 0.3 is 0 Å². The molecule has 0 unspecified atom stereocenters. The van der Waals surface area contributed by atoms with Crippen LogP contribution in [0.3, 0.4) is 0 Å². The monoisotopic (exact) mass is 676 g/mol. The summed E-state index contributed by atoms with van der Waals surface area (Å²) in [6.07, 6.45) is 2.17. The summed E-state index contributed by atoms with van der Waals surface area (Å²) in [6.45, 7) is 0. The third-order valence-corrected chi connectivity index (χ3v) is 10.7. The zero-order chi connectivity index (χ0) is 34.9. The summed E-state index contributed by atoms with van der Waals surface area (Å²) in [5.74, 6) is 0. The number of para-hydroxylation sites is 4. The molecule has 248 valence electrons. The van der Waals surface area contributed by atoms with Gasteiger partial charge in [-0.25, -0.2) is 4.98 Å². The van der Waals surface area contributed by atoms with Gasteiger partial charge in [0.15, 0.2) is 0 Å². The SMILES string of the molecule is c1ccc(-c2nc3cc(-c4ccc(-n5c6ccccc6c6ccccc65)cc4)ccn3c2-c2ccc(-n3c4ccccc4c4ccccc43)cc2)cc1. The standard InChI is InChI=1S/C49H32N4/c1-2-12-34(13-3-1)48-49(35-24-28-38(29-25-35)53-45-20-10-6-16-41(45)42-17-7-11-21-46(42)53)51-31-30-36(32-47(51)50-48)33-22-26-37(27-23-33)52-43-18-8-4-14-39(43)40-15-5-9-19-44(40)52/h1-32H. The predicted octanol–water partition coefficient (Wildman–Crippen LogP) is 12.5. The van der Waals surface area contributed by atoms with Gasteiger partial charge in [-0.05, 0) is 71.8 Å². The highest BCUT2D eigenvalue weighted by Crippen LogP contribution is 2.37. The van der Waals surface area contributed by atoms with E-state index >= 15 is 0 Å². The van der Waals surface area contributed by atoms with Crippen LogP contribution in [0.1, 0.15) is 0 Å². The summed E-state index contributed by atoms with van der Waals surface area (Å²) in [4.78, 5) is 5.28. The van der Waals surface area contributed by atoms with E-state index in [1.54, 1.807) is 0 Å². The molecule has 0 aliphatic heterocycles. The van der Waals surface area contributed by atoms with Crippen LogP contribution in [0.4, 0.5) is 0 Å². The van der Waals surface area contributed by atoms with Gasteiger partial charge in [-0.3, -0.25) is 4.40 Å². The number of imidazole rings is 1. The molecule has 11 rings (SSSR count). The summed E-state index contributed by atoms with van der Waals surface area (Å²) < 4.78 is 6.95. The molecule has 0 saturated heterocycles. The molecule has 0 bridgehead atoms. The van der Waals surface area contributed by atoms with Gasteiger partial charge in [0.05, 0.1) is 33.5 Å². The fourth-order valence-electron chi connectivity index (χ4n) is 8.27. The fourth-order valence-corrected chi connectivity index (χ4v) is 8.27. The number of pyridine rings is 1. The van der Waals surface area contributed by atoms with Crippen molar-refractivity contribution in [3.8, 4) is 45.0 Å². The van der Waals surface area contributed by atoms with E-state index in [9.17, 15) is 0 Å². The Morgan fingerprint density at radius 1 is 0.340 bits per heavy atom. The highest BCUT2D eigenvalue weighted by molar-refractivity contribution is 6.10. The number of benzene rings is 7. The summed E-state index contributed by atoms with van der Waals surface area (Å²) in [5.41, 5.74) is 14.6. The zero-order valence-corrected chi connectivity index (χ0v) is 28.8. The van der Waals surface area contributed by atoms with Crippen molar-refractivity contribution in [2.45, 2.75) is 0 Å². The van der Waals surface area contributed by atoms with Crippen molar-refractivity contribution in [1.29, 1.82) is 0 Å². The molecular weight excluding hydrogens is 645 g/mol. The van der Waals surface area contributed by atoms with Gasteiger partial charge in [0.25, 0.3) is 0 Å². The average Bonchev–Trinajstić information content (AvgIpc) is 3.89. The summed E-state index contributed by atoms with van der Waals surface area (Å²) in [5, 5.41) is 5.06. The Hall–Kier alpha value is -7.17. The third kappa shape index (κ3) is 4.59. The lowest BCUT2D eigenvalue weighted by Gasteiger charge is -2.11. The molecule has 4 aromatic heterocycles. The minimum atomic E-state index is 0.911. The Kier molecular flexibility index (Phi) is 6.52. The van der Waals surface area contributed by atoms with E-state index in [1.165, 1.54) is 43.6 Å². The topological polar surface area (TPSA) is 27.2 Å². The lowest BCUT2D eigenvalue weighted by molar-refractivity contribution is 1.17. The van der Waals surface area contributed by atoms with E-state index in [2.05, 4.69) is 208 Å². The van der Waals surface area contributed by atoms with E-state index in [0.717, 1.165) is 50.7 Å². The molecular formula is C49H32N4. The van der Waals surface area contributed by atoms with E-state index in [4.69, 9.17) is 4.98 Å². The summed E-state index contributed by atoms with van der Waals surface area (Å²) in [7, 11) is 0. The molecule has 0 aliphatic carbocycles. The van der Waals surface area contributed by atoms with Crippen LogP contribution >= 0.6 is 0 Å². The minimum Gasteiger partial charge on any atom is -0.309 e. The average molecular weight is 677 g/mol. The van der Waals surface area contributed by atoms with Gasteiger partial charge in [0.2, 0.25) is 0 Å². The molecule has 0 atom stereocenters. The first kappa shape index (κ1) is 29.5. The second-order valence-electron chi connectivity index (χ2n) is 13.7. The number of hydrogen-bond donors (Lipinski definition) is 0. The van der Waals surface area contributed by atoms with E-state index in [-0.39, 0.29) is 0 Å². The van der Waals surface area contributed by atoms with Crippen LogP contribution in [-0.2, 0) is 0 Å². The highest BCUT2D eigenvalue weighted by atomic mass is 15.0. The van der Waals surface area contributed by atoms with E-state index in [0.29, 0.717) is 0 Å². The van der Waals surface area contributed by atoms with Crippen molar-refractivity contribution >= 4 is 49.3 Å². The maximum Gasteiger partial charge on any atom is 0.138 e. The molecule has 0 amide bonds. The van der Waals surface area contributed by atoms with Crippen LogP contribution in [0.25, 0.3) is 94.3 Å².